The molecule has 1 aliphatic rings. The minimum absolute atomic E-state index is 0.178. The molecule has 1 heterocycles. The number of hydrogen-bond acceptors (Lipinski definition) is 2. The summed E-state index contributed by atoms with van der Waals surface area (Å²) in [6, 6.07) is 0.178. The fourth-order valence-corrected chi connectivity index (χ4v) is 2.60. The van der Waals surface area contributed by atoms with Crippen LogP contribution in [0.1, 0.15) is 30.1 Å². The van der Waals surface area contributed by atoms with E-state index in [4.69, 9.17) is 5.73 Å². The van der Waals surface area contributed by atoms with Gasteiger partial charge in [0.05, 0.1) is 0 Å². The van der Waals surface area contributed by atoms with Gasteiger partial charge in [-0.15, -0.1) is 0 Å². The number of aryl methyl sites for hydroxylation is 1. The highest BCUT2D eigenvalue weighted by Crippen LogP contribution is 2.32. The lowest BCUT2D eigenvalue weighted by molar-refractivity contribution is 0.548. The molecule has 1 aromatic rings. The molecule has 12 heavy (non-hydrogen) atoms. The van der Waals surface area contributed by atoms with E-state index < -0.39 is 0 Å². The van der Waals surface area contributed by atoms with Gasteiger partial charge in [0.15, 0.2) is 0 Å². The monoisotopic (exact) mass is 229 g/mol. The second-order valence-electron chi connectivity index (χ2n) is 3.27. The summed E-state index contributed by atoms with van der Waals surface area (Å²) >= 11 is 3.43. The van der Waals surface area contributed by atoms with Crippen LogP contribution in [0.4, 0.5) is 0 Å². The number of nitrogens with zero attached hydrogens (tertiary/aromatic N) is 2. The summed E-state index contributed by atoms with van der Waals surface area (Å²) in [7, 11) is 1.97. The average molecular weight is 230 g/mol. The maximum absolute atomic E-state index is 5.98. The molecule has 0 aromatic carbocycles. The fourth-order valence-electron chi connectivity index (χ4n) is 1.84. The van der Waals surface area contributed by atoms with Gasteiger partial charge < -0.3 is 5.73 Å². The van der Waals surface area contributed by atoms with Crippen LogP contribution in [-0.2, 0) is 13.5 Å². The molecule has 66 valence electrons. The Morgan fingerprint density at radius 2 is 2.42 bits per heavy atom. The van der Waals surface area contributed by atoms with E-state index >= 15 is 0 Å². The number of fused-ring (bicyclic) bond motifs is 1. The zero-order valence-corrected chi connectivity index (χ0v) is 8.63. The fraction of sp³-hybridized carbons (Fsp3) is 0.625. The lowest BCUT2D eigenvalue weighted by Gasteiger charge is -2.18. The maximum atomic E-state index is 5.98. The zero-order chi connectivity index (χ0) is 8.72. The van der Waals surface area contributed by atoms with Crippen molar-refractivity contribution in [3.63, 3.8) is 0 Å². The topological polar surface area (TPSA) is 43.8 Å². The molecule has 3 nitrogen and oxygen atoms in total. The Bertz CT molecular complexity index is 305. The summed E-state index contributed by atoms with van der Waals surface area (Å²) in [6.07, 6.45) is 3.37. The Morgan fingerprint density at radius 3 is 3.08 bits per heavy atom. The summed E-state index contributed by atoms with van der Waals surface area (Å²) in [5, 5.41) is 4.30. The van der Waals surface area contributed by atoms with Gasteiger partial charge in [0.25, 0.3) is 0 Å². The molecular formula is C8H12BrN3. The van der Waals surface area contributed by atoms with E-state index in [0.717, 1.165) is 17.4 Å². The molecular weight excluding hydrogens is 218 g/mol. The van der Waals surface area contributed by atoms with Crippen LogP contribution in [0.15, 0.2) is 4.60 Å². The Labute approximate surface area is 80.1 Å². The quantitative estimate of drug-likeness (QED) is 0.734. The summed E-state index contributed by atoms with van der Waals surface area (Å²) < 4.78 is 2.85. The molecule has 2 N–H and O–H groups in total. The Balaban J connectivity index is 2.55. The molecule has 4 heteroatoms. The van der Waals surface area contributed by atoms with Crippen LogP contribution in [0.3, 0.4) is 0 Å². The second kappa shape index (κ2) is 2.85. The molecule has 0 saturated heterocycles. The van der Waals surface area contributed by atoms with Crippen LogP contribution in [0.5, 0.6) is 0 Å². The number of hydrogen-bond donors (Lipinski definition) is 1. The minimum Gasteiger partial charge on any atom is -0.324 e. The summed E-state index contributed by atoms with van der Waals surface area (Å²) in [4.78, 5) is 0. The van der Waals surface area contributed by atoms with Gasteiger partial charge in [-0.3, -0.25) is 4.68 Å². The van der Waals surface area contributed by atoms with Crippen molar-refractivity contribution in [1.82, 2.24) is 9.78 Å². The van der Waals surface area contributed by atoms with Gasteiger partial charge >= 0.3 is 0 Å². The molecule has 1 atom stereocenters. The Hall–Kier alpha value is -0.350. The summed E-state index contributed by atoms with van der Waals surface area (Å²) in [5.41, 5.74) is 8.48. The molecule has 0 radical (unpaired) electrons. The Morgan fingerprint density at radius 1 is 1.67 bits per heavy atom. The van der Waals surface area contributed by atoms with E-state index in [-0.39, 0.29) is 6.04 Å². The molecule has 2 rings (SSSR count). The van der Waals surface area contributed by atoms with Crippen LogP contribution in [0.25, 0.3) is 0 Å². The Kier molecular flexibility index (Phi) is 1.96. The third-order valence-electron chi connectivity index (χ3n) is 2.46. The van der Waals surface area contributed by atoms with Gasteiger partial charge in [0, 0.05) is 24.3 Å². The first-order chi connectivity index (χ1) is 5.70. The summed E-state index contributed by atoms with van der Waals surface area (Å²) in [5.74, 6) is 0. The smallest absolute Gasteiger partial charge is 0.133 e. The first-order valence-electron chi connectivity index (χ1n) is 4.17. The number of rotatable bonds is 0. The van der Waals surface area contributed by atoms with Crippen molar-refractivity contribution in [1.29, 1.82) is 0 Å². The highest BCUT2D eigenvalue weighted by atomic mass is 79.9. The van der Waals surface area contributed by atoms with Gasteiger partial charge in [-0.1, -0.05) is 0 Å². The third-order valence-corrected chi connectivity index (χ3v) is 3.05. The first kappa shape index (κ1) is 8.26. The molecule has 0 saturated carbocycles. The van der Waals surface area contributed by atoms with Crippen molar-refractivity contribution in [3.05, 3.63) is 15.9 Å². The van der Waals surface area contributed by atoms with Crippen molar-refractivity contribution in [2.75, 3.05) is 0 Å². The van der Waals surface area contributed by atoms with Gasteiger partial charge in [0.1, 0.15) is 4.60 Å². The van der Waals surface area contributed by atoms with E-state index in [0.29, 0.717) is 0 Å². The van der Waals surface area contributed by atoms with E-state index in [2.05, 4.69) is 21.0 Å². The lowest BCUT2D eigenvalue weighted by atomic mass is 9.94. The largest absolute Gasteiger partial charge is 0.324 e. The van der Waals surface area contributed by atoms with Crippen molar-refractivity contribution < 1.29 is 0 Å². The average Bonchev–Trinajstić information content (AvgIpc) is 2.29. The van der Waals surface area contributed by atoms with Crippen LogP contribution in [-0.4, -0.2) is 9.78 Å². The van der Waals surface area contributed by atoms with Crippen LogP contribution in [0, 0.1) is 0 Å². The van der Waals surface area contributed by atoms with Crippen molar-refractivity contribution in [2.24, 2.45) is 12.8 Å². The van der Waals surface area contributed by atoms with Crippen LogP contribution >= 0.6 is 15.9 Å². The van der Waals surface area contributed by atoms with Crippen molar-refractivity contribution in [3.8, 4) is 0 Å². The molecule has 0 spiro atoms. The van der Waals surface area contributed by atoms with E-state index in [1.54, 1.807) is 0 Å². The summed E-state index contributed by atoms with van der Waals surface area (Å²) in [6.45, 7) is 0. The third kappa shape index (κ3) is 1.10. The first-order valence-corrected chi connectivity index (χ1v) is 4.96. The molecule has 1 aliphatic carbocycles. The normalized spacial score (nSPS) is 22.4. The van der Waals surface area contributed by atoms with Crippen molar-refractivity contribution in [2.45, 2.75) is 25.3 Å². The van der Waals surface area contributed by atoms with E-state index in [1.807, 2.05) is 11.7 Å². The second-order valence-corrected chi connectivity index (χ2v) is 4.02. The van der Waals surface area contributed by atoms with Crippen LogP contribution < -0.4 is 5.73 Å². The molecule has 1 aromatic heterocycles. The van der Waals surface area contributed by atoms with Gasteiger partial charge in [0.2, 0.25) is 0 Å². The van der Waals surface area contributed by atoms with E-state index in [9.17, 15) is 0 Å². The SMILES string of the molecule is Cn1nc(Br)c2c1CCCC2N. The number of nitrogens with two attached hydrogens (primary N) is 1. The highest BCUT2D eigenvalue weighted by Gasteiger charge is 2.23. The number of halogens is 1. The zero-order valence-electron chi connectivity index (χ0n) is 7.05. The van der Waals surface area contributed by atoms with Gasteiger partial charge in [-0.25, -0.2) is 0 Å². The standard InChI is InChI=1S/C8H12BrN3/c1-12-6-4-2-3-5(10)7(6)8(9)11-12/h5H,2-4,10H2,1H3. The molecule has 0 amide bonds. The predicted octanol–water partition coefficient (Wildman–Crippen LogP) is 1.52. The minimum atomic E-state index is 0.178. The molecule has 0 fully saturated rings. The molecule has 0 bridgehead atoms. The molecule has 0 aliphatic heterocycles. The van der Waals surface area contributed by atoms with Crippen LogP contribution in [0.2, 0.25) is 0 Å². The van der Waals surface area contributed by atoms with Gasteiger partial charge in [-0.05, 0) is 35.2 Å². The number of aromatic nitrogens is 2. The highest BCUT2D eigenvalue weighted by molar-refractivity contribution is 9.10. The maximum Gasteiger partial charge on any atom is 0.133 e. The lowest BCUT2D eigenvalue weighted by Crippen LogP contribution is -2.17. The van der Waals surface area contributed by atoms with E-state index in [1.165, 1.54) is 17.7 Å². The predicted molar refractivity (Wildman–Crippen MR) is 50.8 cm³/mol. The van der Waals surface area contributed by atoms with Crippen molar-refractivity contribution >= 4 is 15.9 Å². The van der Waals surface area contributed by atoms with Gasteiger partial charge in [-0.2, -0.15) is 5.10 Å². The molecule has 1 unspecified atom stereocenters.